The van der Waals surface area contributed by atoms with Crippen LogP contribution in [0.4, 0.5) is 0 Å². The third-order valence-corrected chi connectivity index (χ3v) is 4.10. The lowest BCUT2D eigenvalue weighted by atomic mass is 10.0. The second-order valence-corrected chi connectivity index (χ2v) is 5.71. The topological polar surface area (TPSA) is 59.2 Å². The van der Waals surface area contributed by atoms with Gasteiger partial charge in [0.2, 0.25) is 0 Å². The number of aromatic amines is 1. The predicted molar refractivity (Wildman–Crippen MR) is 85.8 cm³/mol. The predicted octanol–water partition coefficient (Wildman–Crippen LogP) is 2.60. The van der Waals surface area contributed by atoms with Crippen molar-refractivity contribution in [3.8, 4) is 17.0 Å². The molecule has 5 heteroatoms. The van der Waals surface area contributed by atoms with E-state index in [0.717, 1.165) is 43.3 Å². The van der Waals surface area contributed by atoms with Gasteiger partial charge in [0.15, 0.2) is 0 Å². The molecule has 2 aromatic rings. The molecule has 22 heavy (non-hydrogen) atoms. The van der Waals surface area contributed by atoms with Crippen LogP contribution in [0.1, 0.15) is 18.4 Å². The first kappa shape index (κ1) is 15.1. The van der Waals surface area contributed by atoms with Crippen LogP contribution in [0.15, 0.2) is 30.5 Å². The molecule has 0 aliphatic carbocycles. The van der Waals surface area contributed by atoms with Crippen LogP contribution in [-0.4, -0.2) is 37.1 Å². The fraction of sp³-hybridized carbons (Fsp3) is 0.471. The van der Waals surface area contributed by atoms with Gasteiger partial charge in [-0.2, -0.15) is 5.10 Å². The Morgan fingerprint density at radius 1 is 1.36 bits per heavy atom. The Labute approximate surface area is 131 Å². The van der Waals surface area contributed by atoms with Crippen LogP contribution >= 0.6 is 0 Å². The van der Waals surface area contributed by atoms with Crippen molar-refractivity contribution < 1.29 is 9.47 Å². The lowest BCUT2D eigenvalue weighted by Gasteiger charge is -2.22. The minimum Gasteiger partial charge on any atom is -0.497 e. The molecule has 1 aromatic heterocycles. The van der Waals surface area contributed by atoms with Gasteiger partial charge in [0, 0.05) is 30.8 Å². The van der Waals surface area contributed by atoms with E-state index in [1.807, 2.05) is 30.5 Å². The van der Waals surface area contributed by atoms with Gasteiger partial charge in [-0.15, -0.1) is 0 Å². The summed E-state index contributed by atoms with van der Waals surface area (Å²) in [5, 5.41) is 10.8. The van der Waals surface area contributed by atoms with Gasteiger partial charge >= 0.3 is 0 Å². The number of nitrogens with one attached hydrogen (secondary N) is 2. The zero-order valence-electron chi connectivity index (χ0n) is 13.0. The molecule has 118 valence electrons. The minimum atomic E-state index is 0.630. The number of benzene rings is 1. The van der Waals surface area contributed by atoms with Crippen molar-refractivity contribution in [3.05, 3.63) is 36.0 Å². The van der Waals surface area contributed by atoms with Gasteiger partial charge in [-0.3, -0.25) is 5.10 Å². The number of ether oxygens (including phenoxy) is 2. The number of hydrogen-bond acceptors (Lipinski definition) is 4. The molecule has 5 nitrogen and oxygen atoms in total. The first-order valence-electron chi connectivity index (χ1n) is 7.82. The second kappa shape index (κ2) is 7.42. The Morgan fingerprint density at radius 3 is 2.95 bits per heavy atom. The summed E-state index contributed by atoms with van der Waals surface area (Å²) in [6.07, 6.45) is 4.32. The Hall–Kier alpha value is -1.85. The number of rotatable bonds is 6. The first-order chi connectivity index (χ1) is 10.9. The van der Waals surface area contributed by atoms with Crippen molar-refractivity contribution in [2.24, 2.45) is 5.92 Å². The maximum absolute atomic E-state index is 5.51. The molecule has 2 N–H and O–H groups in total. The Bertz CT molecular complexity index is 574. The molecule has 0 spiro atoms. The van der Waals surface area contributed by atoms with Crippen LogP contribution in [0, 0.1) is 5.92 Å². The molecule has 1 aliphatic rings. The summed E-state index contributed by atoms with van der Waals surface area (Å²) in [6, 6.07) is 8.02. The monoisotopic (exact) mass is 301 g/mol. The molecule has 1 aromatic carbocycles. The molecule has 1 saturated heterocycles. The number of H-pyrrole nitrogens is 1. The summed E-state index contributed by atoms with van der Waals surface area (Å²) < 4.78 is 10.7. The van der Waals surface area contributed by atoms with E-state index in [2.05, 4.69) is 15.5 Å². The lowest BCUT2D eigenvalue weighted by Crippen LogP contribution is -2.28. The van der Waals surface area contributed by atoms with E-state index >= 15 is 0 Å². The Kier molecular flexibility index (Phi) is 5.08. The van der Waals surface area contributed by atoms with Crippen LogP contribution in [-0.2, 0) is 11.3 Å². The van der Waals surface area contributed by atoms with E-state index in [1.54, 1.807) is 7.11 Å². The van der Waals surface area contributed by atoms with E-state index < -0.39 is 0 Å². The second-order valence-electron chi connectivity index (χ2n) is 5.71. The van der Waals surface area contributed by atoms with E-state index in [1.165, 1.54) is 18.4 Å². The Morgan fingerprint density at radius 2 is 2.23 bits per heavy atom. The van der Waals surface area contributed by atoms with Crippen LogP contribution in [0.2, 0.25) is 0 Å². The van der Waals surface area contributed by atoms with E-state index in [0.29, 0.717) is 5.92 Å². The molecule has 0 amide bonds. The van der Waals surface area contributed by atoms with Gasteiger partial charge in [0.05, 0.1) is 25.6 Å². The van der Waals surface area contributed by atoms with Gasteiger partial charge in [-0.05, 0) is 43.0 Å². The van der Waals surface area contributed by atoms with Gasteiger partial charge < -0.3 is 14.8 Å². The van der Waals surface area contributed by atoms with Crippen LogP contribution in [0.3, 0.4) is 0 Å². The van der Waals surface area contributed by atoms with E-state index in [4.69, 9.17) is 9.47 Å². The molecule has 1 fully saturated rings. The molecule has 0 unspecified atom stereocenters. The van der Waals surface area contributed by atoms with Crippen LogP contribution in [0.25, 0.3) is 11.3 Å². The molecule has 0 radical (unpaired) electrons. The average Bonchev–Trinajstić information content (AvgIpc) is 3.04. The van der Waals surface area contributed by atoms with Crippen LogP contribution < -0.4 is 10.1 Å². The Balaban J connectivity index is 1.59. The molecular weight excluding hydrogens is 278 g/mol. The average molecular weight is 301 g/mol. The molecule has 0 saturated carbocycles. The SMILES string of the molecule is COc1ccc(-c2[nH]ncc2CNC[C@H]2CCCOC2)cc1. The number of nitrogens with zero attached hydrogens (tertiary/aromatic N) is 1. The summed E-state index contributed by atoms with van der Waals surface area (Å²) in [5.74, 6) is 1.49. The quantitative estimate of drug-likeness (QED) is 0.861. The largest absolute Gasteiger partial charge is 0.497 e. The zero-order valence-corrected chi connectivity index (χ0v) is 13.0. The molecule has 3 rings (SSSR count). The van der Waals surface area contributed by atoms with E-state index in [-0.39, 0.29) is 0 Å². The van der Waals surface area contributed by atoms with Crippen molar-refractivity contribution in [1.29, 1.82) is 0 Å². The van der Waals surface area contributed by atoms with Gasteiger partial charge in [0.1, 0.15) is 5.75 Å². The molecule has 1 aliphatic heterocycles. The fourth-order valence-electron chi connectivity index (χ4n) is 2.83. The van der Waals surface area contributed by atoms with Crippen molar-refractivity contribution in [2.45, 2.75) is 19.4 Å². The smallest absolute Gasteiger partial charge is 0.118 e. The third-order valence-electron chi connectivity index (χ3n) is 4.10. The third kappa shape index (κ3) is 3.67. The molecule has 1 atom stereocenters. The highest BCUT2D eigenvalue weighted by Gasteiger charge is 2.14. The summed E-state index contributed by atoms with van der Waals surface area (Å²) in [6.45, 7) is 3.60. The van der Waals surface area contributed by atoms with Gasteiger partial charge in [0.25, 0.3) is 0 Å². The molecule has 2 heterocycles. The van der Waals surface area contributed by atoms with Crippen molar-refractivity contribution >= 4 is 0 Å². The van der Waals surface area contributed by atoms with Crippen LogP contribution in [0.5, 0.6) is 5.75 Å². The summed E-state index contributed by atoms with van der Waals surface area (Å²) >= 11 is 0. The first-order valence-corrected chi connectivity index (χ1v) is 7.82. The normalized spacial score (nSPS) is 18.3. The number of aromatic nitrogens is 2. The highest BCUT2D eigenvalue weighted by molar-refractivity contribution is 5.63. The number of hydrogen-bond donors (Lipinski definition) is 2. The maximum atomic E-state index is 5.51. The highest BCUT2D eigenvalue weighted by atomic mass is 16.5. The highest BCUT2D eigenvalue weighted by Crippen LogP contribution is 2.23. The van der Waals surface area contributed by atoms with E-state index in [9.17, 15) is 0 Å². The van der Waals surface area contributed by atoms with Crippen molar-refractivity contribution in [2.75, 3.05) is 26.9 Å². The number of methoxy groups -OCH3 is 1. The van der Waals surface area contributed by atoms with Gasteiger partial charge in [-0.25, -0.2) is 0 Å². The molecular formula is C17H23N3O2. The standard InChI is InChI=1S/C17H23N3O2/c1-21-16-6-4-14(5-7-16)17-15(11-19-20-17)10-18-9-13-3-2-8-22-12-13/h4-7,11,13,18H,2-3,8-10,12H2,1H3,(H,19,20)/t13-/m1/s1. The fourth-order valence-corrected chi connectivity index (χ4v) is 2.83. The maximum Gasteiger partial charge on any atom is 0.118 e. The zero-order chi connectivity index (χ0) is 15.2. The van der Waals surface area contributed by atoms with Crippen molar-refractivity contribution in [3.63, 3.8) is 0 Å². The summed E-state index contributed by atoms with van der Waals surface area (Å²) in [4.78, 5) is 0. The summed E-state index contributed by atoms with van der Waals surface area (Å²) in [5.41, 5.74) is 3.37. The van der Waals surface area contributed by atoms with Crippen molar-refractivity contribution in [1.82, 2.24) is 15.5 Å². The lowest BCUT2D eigenvalue weighted by molar-refractivity contribution is 0.0547. The summed E-state index contributed by atoms with van der Waals surface area (Å²) in [7, 11) is 1.68. The molecule has 0 bridgehead atoms. The van der Waals surface area contributed by atoms with Gasteiger partial charge in [-0.1, -0.05) is 0 Å². The minimum absolute atomic E-state index is 0.630.